The molecule has 1 atom stereocenters. The predicted molar refractivity (Wildman–Crippen MR) is 74.1 cm³/mol. The molecular weight excluding hydrogens is 254 g/mol. The lowest BCUT2D eigenvalue weighted by Crippen LogP contribution is -2.42. The van der Waals surface area contributed by atoms with Crippen LogP contribution in [0.4, 0.5) is 0 Å². The summed E-state index contributed by atoms with van der Waals surface area (Å²) in [5, 5.41) is 13.7. The van der Waals surface area contributed by atoms with E-state index in [0.717, 1.165) is 18.4 Å². The van der Waals surface area contributed by atoms with E-state index in [9.17, 15) is 9.90 Å². The second kappa shape index (κ2) is 5.13. The van der Waals surface area contributed by atoms with Crippen LogP contribution in [0.1, 0.15) is 29.0 Å². The van der Waals surface area contributed by atoms with Crippen molar-refractivity contribution >= 4 is 5.91 Å². The van der Waals surface area contributed by atoms with Crippen molar-refractivity contribution in [1.29, 1.82) is 0 Å². The van der Waals surface area contributed by atoms with Crippen molar-refractivity contribution in [1.82, 2.24) is 5.32 Å². The van der Waals surface area contributed by atoms with Crippen LogP contribution < -0.4 is 5.32 Å². The molecule has 1 fully saturated rings. The van der Waals surface area contributed by atoms with E-state index in [4.69, 9.17) is 4.42 Å². The van der Waals surface area contributed by atoms with Gasteiger partial charge >= 0.3 is 0 Å². The summed E-state index contributed by atoms with van der Waals surface area (Å²) in [6.07, 6.45) is 3.43. The number of carbonyl (C=O) groups excluding carboxylic acids is 1. The zero-order valence-corrected chi connectivity index (χ0v) is 11.1. The average molecular weight is 271 g/mol. The van der Waals surface area contributed by atoms with E-state index in [-0.39, 0.29) is 24.1 Å². The Morgan fingerprint density at radius 3 is 2.60 bits per heavy atom. The summed E-state index contributed by atoms with van der Waals surface area (Å²) in [6.45, 7) is 0.196. The predicted octanol–water partition coefficient (Wildman–Crippen LogP) is 2.31. The van der Waals surface area contributed by atoms with Crippen LogP contribution in [-0.4, -0.2) is 17.6 Å². The second-order valence-electron chi connectivity index (χ2n) is 5.22. The number of amides is 1. The summed E-state index contributed by atoms with van der Waals surface area (Å²) in [4.78, 5) is 11.9. The fourth-order valence-corrected chi connectivity index (χ4v) is 2.48. The third kappa shape index (κ3) is 2.47. The zero-order valence-electron chi connectivity index (χ0n) is 11.1. The molecule has 0 saturated heterocycles. The summed E-state index contributed by atoms with van der Waals surface area (Å²) in [5.41, 5.74) is -0.147. The summed E-state index contributed by atoms with van der Waals surface area (Å²) < 4.78 is 5.05. The molecule has 1 aliphatic carbocycles. The Kier molecular flexibility index (Phi) is 3.32. The van der Waals surface area contributed by atoms with Crippen LogP contribution in [0.15, 0.2) is 53.1 Å². The minimum absolute atomic E-state index is 0.196. The van der Waals surface area contributed by atoms with Crippen molar-refractivity contribution in [2.45, 2.75) is 18.4 Å². The summed E-state index contributed by atoms with van der Waals surface area (Å²) >= 11 is 0. The molecule has 1 heterocycles. The van der Waals surface area contributed by atoms with Crippen LogP contribution in [0.5, 0.6) is 0 Å². The lowest BCUT2D eigenvalue weighted by molar-refractivity contribution is 0.0132. The smallest absolute Gasteiger partial charge is 0.287 e. The van der Waals surface area contributed by atoms with Gasteiger partial charge in [0, 0.05) is 0 Å². The normalized spacial score (nSPS) is 17.4. The molecule has 20 heavy (non-hydrogen) atoms. The number of furan rings is 1. The molecule has 0 aliphatic heterocycles. The standard InChI is InChI=1S/C16H17NO3/c18-15(14-7-4-10-20-14)17-11-16(19,13-8-9-13)12-5-2-1-3-6-12/h1-7,10,13,19H,8-9,11H2,(H,17,18). The highest BCUT2D eigenvalue weighted by molar-refractivity contribution is 5.91. The van der Waals surface area contributed by atoms with E-state index in [0.29, 0.717) is 0 Å². The van der Waals surface area contributed by atoms with Crippen LogP contribution in [0, 0.1) is 5.92 Å². The van der Waals surface area contributed by atoms with E-state index in [1.165, 1.54) is 6.26 Å². The third-order valence-corrected chi connectivity index (χ3v) is 3.79. The molecule has 0 radical (unpaired) electrons. The van der Waals surface area contributed by atoms with Crippen LogP contribution in [-0.2, 0) is 5.60 Å². The molecule has 4 heteroatoms. The number of rotatable bonds is 5. The Labute approximate surface area is 117 Å². The number of hydrogen-bond donors (Lipinski definition) is 2. The minimum Gasteiger partial charge on any atom is -0.459 e. The first-order valence-corrected chi connectivity index (χ1v) is 6.80. The van der Waals surface area contributed by atoms with Crippen molar-refractivity contribution in [2.75, 3.05) is 6.54 Å². The van der Waals surface area contributed by atoms with Gasteiger partial charge in [-0.05, 0) is 36.5 Å². The SMILES string of the molecule is O=C(NCC(O)(c1ccccc1)C1CC1)c1ccco1. The molecule has 1 amide bonds. The first-order chi connectivity index (χ1) is 9.70. The molecule has 2 aromatic rings. The van der Waals surface area contributed by atoms with Crippen molar-refractivity contribution in [3.63, 3.8) is 0 Å². The summed E-state index contributed by atoms with van der Waals surface area (Å²) in [5.74, 6) is 0.169. The maximum atomic E-state index is 11.9. The van der Waals surface area contributed by atoms with Gasteiger partial charge in [-0.2, -0.15) is 0 Å². The molecule has 104 valence electrons. The van der Waals surface area contributed by atoms with E-state index < -0.39 is 5.60 Å². The van der Waals surface area contributed by atoms with Crippen molar-refractivity contribution in [3.05, 3.63) is 60.1 Å². The molecule has 3 rings (SSSR count). The van der Waals surface area contributed by atoms with Gasteiger partial charge in [-0.3, -0.25) is 4.79 Å². The van der Waals surface area contributed by atoms with Crippen LogP contribution in [0.2, 0.25) is 0 Å². The largest absolute Gasteiger partial charge is 0.459 e. The average Bonchev–Trinajstić information content (AvgIpc) is 3.21. The number of aliphatic hydroxyl groups is 1. The Morgan fingerprint density at radius 1 is 1.25 bits per heavy atom. The Balaban J connectivity index is 1.74. The van der Waals surface area contributed by atoms with E-state index >= 15 is 0 Å². The number of hydrogen-bond acceptors (Lipinski definition) is 3. The molecule has 1 aromatic heterocycles. The molecule has 4 nitrogen and oxygen atoms in total. The highest BCUT2D eigenvalue weighted by Crippen LogP contribution is 2.45. The van der Waals surface area contributed by atoms with Gasteiger partial charge in [0.05, 0.1) is 12.8 Å². The fourth-order valence-electron chi connectivity index (χ4n) is 2.48. The Hall–Kier alpha value is -2.07. The molecule has 1 unspecified atom stereocenters. The summed E-state index contributed by atoms with van der Waals surface area (Å²) in [6, 6.07) is 12.8. The van der Waals surface area contributed by atoms with E-state index in [1.54, 1.807) is 12.1 Å². The lowest BCUT2D eigenvalue weighted by atomic mass is 9.88. The van der Waals surface area contributed by atoms with Crippen LogP contribution in [0.3, 0.4) is 0 Å². The number of carbonyl (C=O) groups is 1. The van der Waals surface area contributed by atoms with Gasteiger partial charge in [-0.25, -0.2) is 0 Å². The Morgan fingerprint density at radius 2 is 2.00 bits per heavy atom. The van der Waals surface area contributed by atoms with Crippen LogP contribution in [0.25, 0.3) is 0 Å². The molecule has 0 spiro atoms. The topological polar surface area (TPSA) is 62.5 Å². The van der Waals surface area contributed by atoms with Gasteiger partial charge in [0.15, 0.2) is 5.76 Å². The lowest BCUT2D eigenvalue weighted by Gasteiger charge is -2.29. The fraction of sp³-hybridized carbons (Fsp3) is 0.312. The second-order valence-corrected chi connectivity index (χ2v) is 5.22. The van der Waals surface area contributed by atoms with Gasteiger partial charge in [0.25, 0.3) is 5.91 Å². The van der Waals surface area contributed by atoms with Gasteiger partial charge in [-0.1, -0.05) is 30.3 Å². The molecule has 0 bridgehead atoms. The van der Waals surface area contributed by atoms with E-state index in [1.807, 2.05) is 30.3 Å². The number of benzene rings is 1. The van der Waals surface area contributed by atoms with Crippen molar-refractivity contribution in [3.8, 4) is 0 Å². The van der Waals surface area contributed by atoms with Gasteiger partial charge in [0.2, 0.25) is 0 Å². The van der Waals surface area contributed by atoms with Gasteiger partial charge in [0.1, 0.15) is 5.60 Å². The quantitative estimate of drug-likeness (QED) is 0.877. The third-order valence-electron chi connectivity index (χ3n) is 3.79. The highest BCUT2D eigenvalue weighted by atomic mass is 16.3. The molecule has 1 saturated carbocycles. The van der Waals surface area contributed by atoms with Crippen molar-refractivity contribution < 1.29 is 14.3 Å². The van der Waals surface area contributed by atoms with E-state index in [2.05, 4.69) is 5.32 Å². The molecule has 2 N–H and O–H groups in total. The molecule has 1 aromatic carbocycles. The molecule has 1 aliphatic rings. The molecular formula is C16H17NO3. The maximum Gasteiger partial charge on any atom is 0.287 e. The first kappa shape index (κ1) is 12.9. The summed E-state index contributed by atoms with van der Waals surface area (Å²) in [7, 11) is 0. The maximum absolute atomic E-state index is 11.9. The first-order valence-electron chi connectivity index (χ1n) is 6.80. The van der Waals surface area contributed by atoms with Gasteiger partial charge < -0.3 is 14.8 Å². The highest BCUT2D eigenvalue weighted by Gasteiger charge is 2.45. The monoisotopic (exact) mass is 271 g/mol. The minimum atomic E-state index is -0.997. The van der Waals surface area contributed by atoms with Gasteiger partial charge in [-0.15, -0.1) is 0 Å². The number of nitrogens with one attached hydrogen (secondary N) is 1. The van der Waals surface area contributed by atoms with Crippen LogP contribution >= 0.6 is 0 Å². The van der Waals surface area contributed by atoms with Crippen molar-refractivity contribution in [2.24, 2.45) is 5.92 Å². The zero-order chi connectivity index (χ0) is 14.0. The Bertz CT molecular complexity index is 575.